The fourth-order valence-electron chi connectivity index (χ4n) is 1.76. The molecule has 2 heterocycles. The van der Waals surface area contributed by atoms with Gasteiger partial charge in [-0.25, -0.2) is 9.78 Å². The minimum atomic E-state index is -0.411. The fraction of sp³-hybridized carbons (Fsp3) is 0.455. The van der Waals surface area contributed by atoms with Crippen LogP contribution in [-0.4, -0.2) is 40.2 Å². The zero-order chi connectivity index (χ0) is 12.4. The van der Waals surface area contributed by atoms with Crippen LogP contribution in [0, 0.1) is 6.92 Å². The Morgan fingerprint density at radius 1 is 1.71 bits per heavy atom. The Morgan fingerprint density at radius 2 is 2.47 bits per heavy atom. The molecule has 1 fully saturated rings. The molecule has 1 aromatic rings. The molecule has 5 nitrogen and oxygen atoms in total. The van der Waals surface area contributed by atoms with Crippen LogP contribution in [0.1, 0.15) is 12.0 Å². The van der Waals surface area contributed by atoms with Gasteiger partial charge in [0.1, 0.15) is 5.15 Å². The summed E-state index contributed by atoms with van der Waals surface area (Å²) in [7, 11) is 0. The van der Waals surface area contributed by atoms with Crippen molar-refractivity contribution in [3.8, 4) is 0 Å². The van der Waals surface area contributed by atoms with E-state index in [4.69, 9.17) is 11.6 Å². The maximum atomic E-state index is 11.8. The van der Waals surface area contributed by atoms with Crippen LogP contribution in [0.15, 0.2) is 12.3 Å². The van der Waals surface area contributed by atoms with Crippen LogP contribution in [0.2, 0.25) is 5.15 Å². The Hall–Kier alpha value is -1.33. The number of anilines is 1. The average Bonchev–Trinajstić information content (AvgIpc) is 2.70. The largest absolute Gasteiger partial charge is 0.391 e. The normalized spacial score (nSPS) is 19.5. The Balaban J connectivity index is 2.00. The molecule has 17 heavy (non-hydrogen) atoms. The number of aliphatic hydroxyl groups excluding tert-OH is 1. The van der Waals surface area contributed by atoms with Crippen molar-refractivity contribution >= 4 is 23.3 Å². The van der Waals surface area contributed by atoms with Gasteiger partial charge in [0.25, 0.3) is 0 Å². The van der Waals surface area contributed by atoms with Gasteiger partial charge >= 0.3 is 6.03 Å². The fourth-order valence-corrected chi connectivity index (χ4v) is 1.86. The van der Waals surface area contributed by atoms with Crippen molar-refractivity contribution in [2.75, 3.05) is 18.4 Å². The molecule has 2 rings (SSSR count). The second-order valence-corrected chi connectivity index (χ2v) is 4.51. The van der Waals surface area contributed by atoms with E-state index in [1.807, 2.05) is 6.92 Å². The Kier molecular flexibility index (Phi) is 3.49. The number of likely N-dealkylation sites (tertiary alicyclic amines) is 1. The highest BCUT2D eigenvalue weighted by Crippen LogP contribution is 2.17. The van der Waals surface area contributed by atoms with E-state index in [0.29, 0.717) is 30.4 Å². The number of halogens is 1. The number of carbonyl (C=O) groups is 1. The third kappa shape index (κ3) is 2.87. The molecule has 0 unspecified atom stereocenters. The van der Waals surface area contributed by atoms with Crippen molar-refractivity contribution in [1.82, 2.24) is 9.88 Å². The van der Waals surface area contributed by atoms with Crippen molar-refractivity contribution < 1.29 is 9.90 Å². The van der Waals surface area contributed by atoms with Crippen LogP contribution in [0.5, 0.6) is 0 Å². The van der Waals surface area contributed by atoms with Crippen LogP contribution in [0.3, 0.4) is 0 Å². The number of pyridine rings is 1. The van der Waals surface area contributed by atoms with Gasteiger partial charge in [-0.2, -0.15) is 0 Å². The SMILES string of the molecule is Cc1cc(NC(=O)N2CC[C@@H](O)C2)cnc1Cl. The molecule has 0 aliphatic carbocycles. The third-order valence-electron chi connectivity index (χ3n) is 2.72. The second-order valence-electron chi connectivity index (χ2n) is 4.15. The first-order valence-corrected chi connectivity index (χ1v) is 5.80. The number of aryl methyl sites for hydroxylation is 1. The highest BCUT2D eigenvalue weighted by molar-refractivity contribution is 6.30. The third-order valence-corrected chi connectivity index (χ3v) is 3.11. The van der Waals surface area contributed by atoms with Gasteiger partial charge in [-0.15, -0.1) is 0 Å². The summed E-state index contributed by atoms with van der Waals surface area (Å²) in [6, 6.07) is 1.55. The first kappa shape index (κ1) is 12.1. The minimum absolute atomic E-state index is 0.218. The molecule has 1 saturated heterocycles. The van der Waals surface area contributed by atoms with Crippen molar-refractivity contribution in [2.24, 2.45) is 0 Å². The topological polar surface area (TPSA) is 65.5 Å². The molecule has 1 aliphatic rings. The number of aliphatic hydroxyl groups is 1. The van der Waals surface area contributed by atoms with E-state index in [-0.39, 0.29) is 6.03 Å². The number of aromatic nitrogens is 1. The van der Waals surface area contributed by atoms with Gasteiger partial charge < -0.3 is 15.3 Å². The van der Waals surface area contributed by atoms with Crippen molar-refractivity contribution in [1.29, 1.82) is 0 Å². The highest BCUT2D eigenvalue weighted by Gasteiger charge is 2.24. The van der Waals surface area contributed by atoms with Crippen molar-refractivity contribution in [2.45, 2.75) is 19.4 Å². The summed E-state index contributed by atoms with van der Waals surface area (Å²) in [4.78, 5) is 17.3. The predicted molar refractivity (Wildman–Crippen MR) is 65.2 cm³/mol. The standard InChI is InChI=1S/C11H14ClN3O2/c1-7-4-8(5-13-10(7)12)14-11(17)15-3-2-9(16)6-15/h4-5,9,16H,2-3,6H2,1H3,(H,14,17)/t9-/m1/s1. The molecule has 2 N–H and O–H groups in total. The molecular formula is C11H14ClN3O2. The number of hydrogen-bond donors (Lipinski definition) is 2. The van der Waals surface area contributed by atoms with E-state index < -0.39 is 6.10 Å². The van der Waals surface area contributed by atoms with Gasteiger partial charge in [-0.05, 0) is 25.0 Å². The van der Waals surface area contributed by atoms with E-state index in [1.165, 1.54) is 6.20 Å². The molecule has 0 bridgehead atoms. The molecule has 1 atom stereocenters. The zero-order valence-corrected chi connectivity index (χ0v) is 10.2. The first-order valence-electron chi connectivity index (χ1n) is 5.42. The van der Waals surface area contributed by atoms with Crippen LogP contribution in [0.4, 0.5) is 10.5 Å². The summed E-state index contributed by atoms with van der Waals surface area (Å²) >= 11 is 5.80. The van der Waals surface area contributed by atoms with Gasteiger partial charge in [-0.3, -0.25) is 0 Å². The lowest BCUT2D eigenvalue weighted by Crippen LogP contribution is -2.33. The zero-order valence-electron chi connectivity index (χ0n) is 9.48. The molecule has 6 heteroatoms. The molecule has 1 aromatic heterocycles. The molecule has 2 amide bonds. The number of rotatable bonds is 1. The maximum Gasteiger partial charge on any atom is 0.321 e. The van der Waals surface area contributed by atoms with E-state index in [9.17, 15) is 9.90 Å². The smallest absolute Gasteiger partial charge is 0.321 e. The Bertz CT molecular complexity index is 439. The predicted octanol–water partition coefficient (Wildman–Crippen LogP) is 1.64. The van der Waals surface area contributed by atoms with E-state index in [2.05, 4.69) is 10.3 Å². The summed E-state index contributed by atoms with van der Waals surface area (Å²) in [5.41, 5.74) is 1.42. The number of hydrogen-bond acceptors (Lipinski definition) is 3. The summed E-state index contributed by atoms with van der Waals surface area (Å²) < 4.78 is 0. The molecule has 0 saturated carbocycles. The Labute approximate surface area is 104 Å². The lowest BCUT2D eigenvalue weighted by atomic mass is 10.3. The quantitative estimate of drug-likeness (QED) is 0.750. The highest BCUT2D eigenvalue weighted by atomic mass is 35.5. The van der Waals surface area contributed by atoms with Gasteiger partial charge in [-0.1, -0.05) is 11.6 Å². The molecule has 1 aliphatic heterocycles. The van der Waals surface area contributed by atoms with Gasteiger partial charge in [0, 0.05) is 13.1 Å². The summed E-state index contributed by atoms with van der Waals surface area (Å²) in [6.45, 7) is 2.78. The van der Waals surface area contributed by atoms with Crippen molar-refractivity contribution in [3.63, 3.8) is 0 Å². The molecule has 0 spiro atoms. The average molecular weight is 256 g/mol. The van der Waals surface area contributed by atoms with Crippen LogP contribution in [-0.2, 0) is 0 Å². The van der Waals surface area contributed by atoms with Gasteiger partial charge in [0.15, 0.2) is 0 Å². The van der Waals surface area contributed by atoms with Gasteiger partial charge in [0.05, 0.1) is 18.0 Å². The summed E-state index contributed by atoms with van der Waals surface area (Å²) in [5.74, 6) is 0. The molecule has 0 radical (unpaired) electrons. The van der Waals surface area contributed by atoms with Crippen molar-refractivity contribution in [3.05, 3.63) is 23.0 Å². The number of carbonyl (C=O) groups excluding carboxylic acids is 1. The Morgan fingerprint density at radius 3 is 3.06 bits per heavy atom. The number of β-amino-alcohol motifs (C(OH)–C–C–N with tert-alkyl or cyclic N) is 1. The minimum Gasteiger partial charge on any atom is -0.391 e. The van der Waals surface area contributed by atoms with Gasteiger partial charge in [0.2, 0.25) is 0 Å². The first-order chi connectivity index (χ1) is 8.06. The molecular weight excluding hydrogens is 242 g/mol. The van der Waals surface area contributed by atoms with E-state index in [1.54, 1.807) is 11.0 Å². The molecule has 0 aromatic carbocycles. The monoisotopic (exact) mass is 255 g/mol. The summed E-state index contributed by atoms with van der Waals surface area (Å²) in [5, 5.41) is 12.5. The molecule has 92 valence electrons. The number of nitrogens with one attached hydrogen (secondary N) is 1. The van der Waals surface area contributed by atoms with E-state index in [0.717, 1.165) is 5.56 Å². The second kappa shape index (κ2) is 4.89. The lowest BCUT2D eigenvalue weighted by Gasteiger charge is -2.16. The summed E-state index contributed by atoms with van der Waals surface area (Å²) in [6.07, 6.45) is 1.73. The number of nitrogens with zero attached hydrogens (tertiary/aromatic N) is 2. The van der Waals surface area contributed by atoms with Crippen LogP contribution >= 0.6 is 11.6 Å². The lowest BCUT2D eigenvalue weighted by molar-refractivity contribution is 0.176. The number of urea groups is 1. The van der Waals surface area contributed by atoms with Crippen LogP contribution < -0.4 is 5.32 Å². The van der Waals surface area contributed by atoms with Crippen LogP contribution in [0.25, 0.3) is 0 Å². The number of amides is 2. The van der Waals surface area contributed by atoms with E-state index >= 15 is 0 Å². The maximum absolute atomic E-state index is 11.8.